The van der Waals surface area contributed by atoms with Gasteiger partial charge in [-0.3, -0.25) is 4.79 Å². The van der Waals surface area contributed by atoms with Gasteiger partial charge >= 0.3 is 0 Å². The quantitative estimate of drug-likeness (QED) is 0.529. The number of fused-ring (bicyclic) bond motifs is 1. The van der Waals surface area contributed by atoms with E-state index in [4.69, 9.17) is 17.3 Å². The van der Waals surface area contributed by atoms with Gasteiger partial charge < -0.3 is 11.1 Å². The molecule has 1 heterocycles. The number of amides is 1. The van der Waals surface area contributed by atoms with E-state index in [1.54, 1.807) is 6.07 Å². The summed E-state index contributed by atoms with van der Waals surface area (Å²) in [4.78, 5) is 16.4. The van der Waals surface area contributed by atoms with Crippen LogP contribution in [0.3, 0.4) is 0 Å². The Bertz CT molecular complexity index is 884. The largest absolute Gasteiger partial charge is 0.399 e. The van der Waals surface area contributed by atoms with Crippen molar-refractivity contribution >= 4 is 62.2 Å². The summed E-state index contributed by atoms with van der Waals surface area (Å²) in [6.45, 7) is 0. The third-order valence-corrected chi connectivity index (χ3v) is 5.37. The SMILES string of the molecule is Nc1ccc2nc(SCC(=O)Nc3ccc(F)c(Cl)c3)sc2c1. The molecule has 1 aromatic heterocycles. The number of halogens is 2. The second-order valence-electron chi connectivity index (χ2n) is 4.67. The number of aromatic nitrogens is 1. The molecule has 0 unspecified atom stereocenters. The summed E-state index contributed by atoms with van der Waals surface area (Å²) < 4.78 is 14.8. The average molecular weight is 368 g/mol. The lowest BCUT2D eigenvalue weighted by Gasteiger charge is -2.05. The van der Waals surface area contributed by atoms with E-state index in [1.165, 1.54) is 41.3 Å². The van der Waals surface area contributed by atoms with E-state index >= 15 is 0 Å². The molecule has 118 valence electrons. The van der Waals surface area contributed by atoms with Crippen LogP contribution in [0, 0.1) is 5.82 Å². The zero-order valence-corrected chi connectivity index (χ0v) is 14.1. The molecule has 0 atom stereocenters. The van der Waals surface area contributed by atoms with Gasteiger partial charge in [-0.05, 0) is 36.4 Å². The monoisotopic (exact) mass is 367 g/mol. The van der Waals surface area contributed by atoms with Crippen LogP contribution in [0.4, 0.5) is 15.8 Å². The van der Waals surface area contributed by atoms with Gasteiger partial charge in [-0.2, -0.15) is 0 Å². The fourth-order valence-electron chi connectivity index (χ4n) is 1.88. The highest BCUT2D eigenvalue weighted by molar-refractivity contribution is 8.01. The molecular formula is C15H11ClFN3OS2. The lowest BCUT2D eigenvalue weighted by molar-refractivity contribution is -0.113. The number of carbonyl (C=O) groups excluding carboxylic acids is 1. The molecule has 0 bridgehead atoms. The number of hydrogen-bond donors (Lipinski definition) is 2. The van der Waals surface area contributed by atoms with E-state index in [-0.39, 0.29) is 16.7 Å². The van der Waals surface area contributed by atoms with Crippen LogP contribution in [0.15, 0.2) is 40.7 Å². The molecular weight excluding hydrogens is 357 g/mol. The Morgan fingerprint density at radius 1 is 1.35 bits per heavy atom. The van der Waals surface area contributed by atoms with Gasteiger partial charge in [-0.25, -0.2) is 9.37 Å². The van der Waals surface area contributed by atoms with Crippen LogP contribution in [0.1, 0.15) is 0 Å². The number of benzene rings is 2. The zero-order chi connectivity index (χ0) is 16.4. The zero-order valence-electron chi connectivity index (χ0n) is 11.7. The molecule has 8 heteroatoms. The Morgan fingerprint density at radius 2 is 2.17 bits per heavy atom. The highest BCUT2D eigenvalue weighted by Crippen LogP contribution is 2.30. The lowest BCUT2D eigenvalue weighted by Crippen LogP contribution is -2.13. The van der Waals surface area contributed by atoms with Crippen molar-refractivity contribution in [2.24, 2.45) is 0 Å². The fraction of sp³-hybridized carbons (Fsp3) is 0.0667. The number of rotatable bonds is 4. The molecule has 0 saturated heterocycles. The Morgan fingerprint density at radius 3 is 2.96 bits per heavy atom. The Labute approximate surface area is 144 Å². The summed E-state index contributed by atoms with van der Waals surface area (Å²) in [5, 5.41) is 2.64. The minimum atomic E-state index is -0.521. The van der Waals surface area contributed by atoms with Crippen molar-refractivity contribution in [2.75, 3.05) is 16.8 Å². The molecule has 0 aliphatic carbocycles. The molecule has 0 spiro atoms. The number of thiazole rings is 1. The molecule has 0 fully saturated rings. The minimum absolute atomic E-state index is 0.0285. The van der Waals surface area contributed by atoms with Crippen LogP contribution in [-0.4, -0.2) is 16.6 Å². The number of nitrogen functional groups attached to an aromatic ring is 1. The summed E-state index contributed by atoms with van der Waals surface area (Å²) in [7, 11) is 0. The molecule has 3 aromatic rings. The Hall–Kier alpha value is -1.83. The van der Waals surface area contributed by atoms with Crippen molar-refractivity contribution in [2.45, 2.75) is 4.34 Å². The van der Waals surface area contributed by atoms with Crippen LogP contribution < -0.4 is 11.1 Å². The third kappa shape index (κ3) is 3.93. The van der Waals surface area contributed by atoms with Crippen molar-refractivity contribution in [3.63, 3.8) is 0 Å². The number of nitrogens with one attached hydrogen (secondary N) is 1. The van der Waals surface area contributed by atoms with Crippen molar-refractivity contribution in [1.29, 1.82) is 0 Å². The topological polar surface area (TPSA) is 68.0 Å². The van der Waals surface area contributed by atoms with Crippen LogP contribution in [0.2, 0.25) is 5.02 Å². The predicted molar refractivity (Wildman–Crippen MR) is 94.8 cm³/mol. The van der Waals surface area contributed by atoms with Gasteiger partial charge in [0.05, 0.1) is 21.0 Å². The van der Waals surface area contributed by atoms with Gasteiger partial charge in [-0.1, -0.05) is 23.4 Å². The van der Waals surface area contributed by atoms with Gasteiger partial charge in [0.15, 0.2) is 4.34 Å². The number of hydrogen-bond acceptors (Lipinski definition) is 5. The summed E-state index contributed by atoms with van der Waals surface area (Å²) in [6, 6.07) is 9.55. The lowest BCUT2D eigenvalue weighted by atomic mass is 10.3. The third-order valence-electron chi connectivity index (χ3n) is 2.92. The molecule has 2 aromatic carbocycles. The number of nitrogens with zero attached hydrogens (tertiary/aromatic N) is 1. The number of nitrogens with two attached hydrogens (primary N) is 1. The second kappa shape index (κ2) is 6.74. The average Bonchev–Trinajstić information content (AvgIpc) is 2.91. The number of thioether (sulfide) groups is 1. The summed E-state index contributed by atoms with van der Waals surface area (Å²) in [5.41, 5.74) is 7.73. The highest BCUT2D eigenvalue weighted by Gasteiger charge is 2.09. The van der Waals surface area contributed by atoms with Gasteiger partial charge in [0, 0.05) is 11.4 Å². The predicted octanol–water partition coefficient (Wildman–Crippen LogP) is 4.40. The molecule has 1 amide bonds. The van der Waals surface area contributed by atoms with Crippen LogP contribution in [-0.2, 0) is 4.79 Å². The van der Waals surface area contributed by atoms with E-state index < -0.39 is 5.82 Å². The molecule has 0 saturated carbocycles. The first-order valence-corrected chi connectivity index (χ1v) is 8.73. The van der Waals surface area contributed by atoms with Gasteiger partial charge in [0.2, 0.25) is 5.91 Å². The molecule has 4 nitrogen and oxygen atoms in total. The van der Waals surface area contributed by atoms with E-state index in [0.29, 0.717) is 11.4 Å². The highest BCUT2D eigenvalue weighted by atomic mass is 35.5. The standard InChI is InChI=1S/C15H11ClFN3OS2/c16-10-6-9(2-3-11(10)17)19-14(21)7-22-15-20-12-4-1-8(18)5-13(12)23-15/h1-6H,7,18H2,(H,19,21). The molecule has 0 aliphatic rings. The van der Waals surface area contributed by atoms with Crippen LogP contribution in [0.25, 0.3) is 10.2 Å². The van der Waals surface area contributed by atoms with Crippen molar-refractivity contribution < 1.29 is 9.18 Å². The van der Waals surface area contributed by atoms with Crippen LogP contribution >= 0.6 is 34.7 Å². The molecule has 23 heavy (non-hydrogen) atoms. The van der Waals surface area contributed by atoms with Crippen molar-refractivity contribution in [1.82, 2.24) is 4.98 Å². The van der Waals surface area contributed by atoms with E-state index in [2.05, 4.69) is 10.3 Å². The summed E-state index contributed by atoms with van der Waals surface area (Å²) in [6.07, 6.45) is 0. The van der Waals surface area contributed by atoms with E-state index in [9.17, 15) is 9.18 Å². The molecule has 0 radical (unpaired) electrons. The maximum atomic E-state index is 13.1. The number of anilines is 2. The van der Waals surface area contributed by atoms with Gasteiger partial charge in [-0.15, -0.1) is 11.3 Å². The Kier molecular flexibility index (Phi) is 4.70. The molecule has 3 N–H and O–H groups in total. The smallest absolute Gasteiger partial charge is 0.234 e. The summed E-state index contributed by atoms with van der Waals surface area (Å²) >= 11 is 8.50. The second-order valence-corrected chi connectivity index (χ2v) is 7.33. The minimum Gasteiger partial charge on any atom is -0.399 e. The maximum absolute atomic E-state index is 13.1. The fourth-order valence-corrected chi connectivity index (χ4v) is 3.98. The molecule has 0 aliphatic heterocycles. The van der Waals surface area contributed by atoms with E-state index in [1.807, 2.05) is 12.1 Å². The molecule has 3 rings (SSSR count). The van der Waals surface area contributed by atoms with Gasteiger partial charge in [0.1, 0.15) is 5.82 Å². The van der Waals surface area contributed by atoms with Crippen molar-refractivity contribution in [3.05, 3.63) is 47.2 Å². The van der Waals surface area contributed by atoms with Crippen LogP contribution in [0.5, 0.6) is 0 Å². The van der Waals surface area contributed by atoms with Crippen molar-refractivity contribution in [3.8, 4) is 0 Å². The Balaban J connectivity index is 1.62. The normalized spacial score (nSPS) is 10.9. The first-order chi connectivity index (χ1) is 11.0. The maximum Gasteiger partial charge on any atom is 0.234 e. The summed E-state index contributed by atoms with van der Waals surface area (Å²) in [5.74, 6) is -0.533. The van der Waals surface area contributed by atoms with Gasteiger partial charge in [0.25, 0.3) is 0 Å². The first-order valence-electron chi connectivity index (χ1n) is 6.55. The number of carbonyl (C=O) groups is 1. The first kappa shape index (κ1) is 16.0. The van der Waals surface area contributed by atoms with E-state index in [0.717, 1.165) is 14.6 Å².